The van der Waals surface area contributed by atoms with Crippen molar-refractivity contribution < 1.29 is 0 Å². The van der Waals surface area contributed by atoms with Crippen LogP contribution in [-0.4, -0.2) is 12.4 Å². The minimum atomic E-state index is 0.977. The molecule has 12 rings (SSSR count). The third-order valence-electron chi connectivity index (χ3n) is 14.0. The zero-order valence-corrected chi connectivity index (χ0v) is 44.0. The number of nitrogens with zero attached hydrogens (tertiary/aromatic N) is 6. The highest BCUT2D eigenvalue weighted by molar-refractivity contribution is 5.87. The smallest absolute Gasteiger partial charge is 0.0653 e. The molecular formula is C74H56N6. The SMILES string of the molecule is C(=NN(c1ccccc1)c1ccc(-c2ccccc2)cc1)c1ccc(N(c2ccccc2)c2ccc(-c3ccc(N(c4ccccc4)c4ccc(C=NN(c5ccccc5)c5ccc(-c6ccccc6)cc5)cc4)cc3)cc2)cc1. The summed E-state index contributed by atoms with van der Waals surface area (Å²) in [5.74, 6) is 0. The van der Waals surface area contributed by atoms with E-state index in [0.29, 0.717) is 0 Å². The zero-order chi connectivity index (χ0) is 53.7. The number of hydrazone groups is 2. The summed E-state index contributed by atoms with van der Waals surface area (Å²) in [5.41, 5.74) is 19.2. The Morgan fingerprint density at radius 2 is 0.362 bits per heavy atom. The van der Waals surface area contributed by atoms with E-state index in [-0.39, 0.29) is 0 Å². The molecule has 0 spiro atoms. The van der Waals surface area contributed by atoms with Crippen molar-refractivity contribution in [2.24, 2.45) is 10.2 Å². The lowest BCUT2D eigenvalue weighted by Crippen LogP contribution is -2.10. The van der Waals surface area contributed by atoms with Crippen molar-refractivity contribution in [1.29, 1.82) is 0 Å². The van der Waals surface area contributed by atoms with Gasteiger partial charge in [-0.1, -0.05) is 206 Å². The quantitative estimate of drug-likeness (QED) is 0.0673. The van der Waals surface area contributed by atoms with Gasteiger partial charge in [0.25, 0.3) is 0 Å². The van der Waals surface area contributed by atoms with Gasteiger partial charge in [-0.05, 0) is 166 Å². The van der Waals surface area contributed by atoms with Crippen molar-refractivity contribution in [2.45, 2.75) is 0 Å². The molecule has 6 heteroatoms. The molecule has 0 aromatic heterocycles. The third kappa shape index (κ3) is 11.6. The first-order valence-corrected chi connectivity index (χ1v) is 26.9. The van der Waals surface area contributed by atoms with Crippen LogP contribution >= 0.6 is 0 Å². The Hall–Kier alpha value is -10.8. The molecule has 0 amide bonds. The Bertz CT molecular complexity index is 3650. The van der Waals surface area contributed by atoms with E-state index in [1.54, 1.807) is 0 Å². The first-order valence-electron chi connectivity index (χ1n) is 26.9. The van der Waals surface area contributed by atoms with E-state index in [1.807, 2.05) is 71.0 Å². The molecule has 0 heterocycles. The molecule has 0 aliphatic rings. The van der Waals surface area contributed by atoms with Crippen LogP contribution in [0.25, 0.3) is 33.4 Å². The van der Waals surface area contributed by atoms with Gasteiger partial charge in [-0.15, -0.1) is 0 Å². The lowest BCUT2D eigenvalue weighted by atomic mass is 10.0. The molecule has 0 fully saturated rings. The molecule has 80 heavy (non-hydrogen) atoms. The minimum absolute atomic E-state index is 0.977. The monoisotopic (exact) mass is 1030 g/mol. The van der Waals surface area contributed by atoms with Crippen LogP contribution < -0.4 is 19.8 Å². The van der Waals surface area contributed by atoms with Gasteiger partial charge in [-0.2, -0.15) is 10.2 Å². The summed E-state index contributed by atoms with van der Waals surface area (Å²) in [6.45, 7) is 0. The van der Waals surface area contributed by atoms with Gasteiger partial charge in [-0.25, -0.2) is 10.0 Å². The molecule has 0 radical (unpaired) electrons. The standard InChI is InChI=1S/C74H56N6/c1-7-19-59(20-8-1)61-39-51-73(52-40-61)79(71-27-15-5-16-28-71)75-55-57-31-43-67(44-32-57)77(65-23-11-3-12-24-65)69-47-35-63(36-48-69)64-37-49-70(50-38-64)78(66-25-13-4-14-26-66)68-45-33-58(34-46-68)56-76-80(72-29-17-6-18-30-72)74-53-41-62(42-54-74)60-21-9-2-10-22-60/h1-56H. The van der Waals surface area contributed by atoms with Crippen LogP contribution in [0.1, 0.15) is 11.1 Å². The molecule has 0 saturated heterocycles. The van der Waals surface area contributed by atoms with E-state index in [4.69, 9.17) is 10.2 Å². The molecule has 0 saturated carbocycles. The van der Waals surface area contributed by atoms with E-state index in [2.05, 4.69) is 289 Å². The van der Waals surface area contributed by atoms with Gasteiger partial charge >= 0.3 is 0 Å². The summed E-state index contributed by atoms with van der Waals surface area (Å²) in [6, 6.07) is 114. The van der Waals surface area contributed by atoms with Gasteiger partial charge in [0.05, 0.1) is 35.2 Å². The summed E-state index contributed by atoms with van der Waals surface area (Å²) >= 11 is 0. The molecular weight excluding hydrogens is 973 g/mol. The number of anilines is 10. The average molecular weight is 1030 g/mol. The molecule has 0 aliphatic heterocycles. The Morgan fingerprint density at radius 1 is 0.175 bits per heavy atom. The van der Waals surface area contributed by atoms with E-state index in [9.17, 15) is 0 Å². The number of rotatable bonds is 17. The van der Waals surface area contributed by atoms with Crippen molar-refractivity contribution in [2.75, 3.05) is 19.8 Å². The maximum atomic E-state index is 5.04. The lowest BCUT2D eigenvalue weighted by molar-refractivity contribution is 1.09. The Morgan fingerprint density at radius 3 is 0.637 bits per heavy atom. The number of para-hydroxylation sites is 4. The lowest BCUT2D eigenvalue weighted by Gasteiger charge is -2.26. The first-order chi connectivity index (χ1) is 39.7. The fourth-order valence-corrected chi connectivity index (χ4v) is 9.88. The van der Waals surface area contributed by atoms with Crippen molar-refractivity contribution in [1.82, 2.24) is 0 Å². The molecule has 12 aromatic rings. The third-order valence-corrected chi connectivity index (χ3v) is 14.0. The highest BCUT2D eigenvalue weighted by atomic mass is 15.5. The van der Waals surface area contributed by atoms with Crippen LogP contribution in [0, 0.1) is 0 Å². The minimum Gasteiger partial charge on any atom is -0.311 e. The van der Waals surface area contributed by atoms with Crippen LogP contribution in [0.5, 0.6) is 0 Å². The van der Waals surface area contributed by atoms with E-state index in [1.165, 1.54) is 11.1 Å². The summed E-state index contributed by atoms with van der Waals surface area (Å²) in [5, 5.41) is 14.0. The molecule has 12 aromatic carbocycles. The highest BCUT2D eigenvalue weighted by Crippen LogP contribution is 2.39. The van der Waals surface area contributed by atoms with Crippen LogP contribution in [0.3, 0.4) is 0 Å². The van der Waals surface area contributed by atoms with Crippen LogP contribution in [0.2, 0.25) is 0 Å². The molecule has 0 unspecified atom stereocenters. The van der Waals surface area contributed by atoms with Crippen molar-refractivity contribution in [3.63, 3.8) is 0 Å². The summed E-state index contributed by atoms with van der Waals surface area (Å²) in [4.78, 5) is 4.58. The summed E-state index contributed by atoms with van der Waals surface area (Å²) in [6.07, 6.45) is 3.85. The molecule has 0 atom stereocenters. The van der Waals surface area contributed by atoms with Crippen LogP contribution in [0.15, 0.2) is 338 Å². The van der Waals surface area contributed by atoms with Crippen LogP contribution in [0.4, 0.5) is 56.9 Å². The van der Waals surface area contributed by atoms with Gasteiger partial charge in [-0.3, -0.25) is 0 Å². The van der Waals surface area contributed by atoms with E-state index in [0.717, 1.165) is 90.3 Å². The van der Waals surface area contributed by atoms with Gasteiger partial charge in [0, 0.05) is 34.1 Å². The molecule has 0 N–H and O–H groups in total. The highest BCUT2D eigenvalue weighted by Gasteiger charge is 2.16. The topological polar surface area (TPSA) is 37.7 Å². The van der Waals surface area contributed by atoms with Gasteiger partial charge < -0.3 is 9.80 Å². The van der Waals surface area contributed by atoms with Gasteiger partial charge in [0.1, 0.15) is 0 Å². The summed E-state index contributed by atoms with van der Waals surface area (Å²) in [7, 11) is 0. The number of hydrogen-bond acceptors (Lipinski definition) is 6. The van der Waals surface area contributed by atoms with E-state index < -0.39 is 0 Å². The zero-order valence-electron chi connectivity index (χ0n) is 44.0. The number of benzene rings is 12. The van der Waals surface area contributed by atoms with E-state index >= 15 is 0 Å². The second-order valence-electron chi connectivity index (χ2n) is 19.2. The van der Waals surface area contributed by atoms with Gasteiger partial charge in [0.15, 0.2) is 0 Å². The molecule has 382 valence electrons. The molecule has 6 nitrogen and oxygen atoms in total. The first kappa shape index (κ1) is 50.0. The van der Waals surface area contributed by atoms with Crippen LogP contribution in [-0.2, 0) is 0 Å². The fraction of sp³-hybridized carbons (Fsp3) is 0. The van der Waals surface area contributed by atoms with Crippen molar-refractivity contribution in [3.8, 4) is 33.4 Å². The predicted molar refractivity (Wildman–Crippen MR) is 337 cm³/mol. The Balaban J connectivity index is 0.766. The summed E-state index contributed by atoms with van der Waals surface area (Å²) < 4.78 is 0. The normalized spacial score (nSPS) is 11.2. The second kappa shape index (κ2) is 24.0. The van der Waals surface area contributed by atoms with Crippen molar-refractivity contribution >= 4 is 69.3 Å². The van der Waals surface area contributed by atoms with Gasteiger partial charge in [0.2, 0.25) is 0 Å². The molecule has 0 aliphatic carbocycles. The number of hydrogen-bond donors (Lipinski definition) is 0. The van der Waals surface area contributed by atoms with Crippen molar-refractivity contribution in [3.05, 3.63) is 339 Å². The largest absolute Gasteiger partial charge is 0.311 e. The maximum absolute atomic E-state index is 5.04. The maximum Gasteiger partial charge on any atom is 0.0653 e. The second-order valence-corrected chi connectivity index (χ2v) is 19.2. The Kier molecular flexibility index (Phi) is 15.0. The average Bonchev–Trinajstić information content (AvgIpc) is 3.54. The fourth-order valence-electron chi connectivity index (χ4n) is 9.88. The molecule has 0 bridgehead atoms. The predicted octanol–water partition coefficient (Wildman–Crippen LogP) is 20.0. The Labute approximate surface area is 469 Å².